The van der Waals surface area contributed by atoms with Crippen LogP contribution in [0.4, 0.5) is 0 Å². The predicted molar refractivity (Wildman–Crippen MR) is 66.4 cm³/mol. The number of thiophene rings is 1. The lowest BCUT2D eigenvalue weighted by atomic mass is 10.5. The van der Waals surface area contributed by atoms with Crippen LogP contribution in [0.1, 0.15) is 30.4 Å². The minimum atomic E-state index is -3.88. The van der Waals surface area contributed by atoms with E-state index >= 15 is 0 Å². The summed E-state index contributed by atoms with van der Waals surface area (Å²) in [5.41, 5.74) is 0. The summed E-state index contributed by atoms with van der Waals surface area (Å²) in [6.45, 7) is 3.46. The molecule has 0 amide bonds. The molecule has 6 heteroatoms. The molecule has 0 saturated heterocycles. The zero-order valence-corrected chi connectivity index (χ0v) is 11.6. The first-order chi connectivity index (χ1) is 7.85. The number of hydrogen-bond acceptors (Lipinski definition) is 5. The monoisotopic (exact) mass is 268 g/mol. The standard InChI is InChI=1S/C11H12O4SSi/c1-7(12)17(8(2)13,9(3)14)11(15)10-5-4-6-16-10/h4-6H,1-3H3. The number of hydrogen-bond donors (Lipinski definition) is 0. The normalized spacial score (nSPS) is 11.0. The van der Waals surface area contributed by atoms with E-state index in [-0.39, 0.29) is 0 Å². The third-order valence-corrected chi connectivity index (χ3v) is 7.84. The van der Waals surface area contributed by atoms with E-state index in [9.17, 15) is 19.2 Å². The van der Waals surface area contributed by atoms with Crippen molar-refractivity contribution in [3.8, 4) is 0 Å². The van der Waals surface area contributed by atoms with Gasteiger partial charge < -0.3 is 14.4 Å². The Balaban J connectivity index is 3.44. The molecule has 0 radical (unpaired) electrons. The molecular weight excluding hydrogens is 256 g/mol. The quantitative estimate of drug-likeness (QED) is 0.755. The third-order valence-electron chi connectivity index (χ3n) is 2.67. The molecule has 0 saturated carbocycles. The molecule has 1 rings (SSSR count). The first kappa shape index (κ1) is 13.7. The molecule has 0 atom stereocenters. The Labute approximate surface area is 104 Å². The Morgan fingerprint density at radius 3 is 1.76 bits per heavy atom. The van der Waals surface area contributed by atoms with Crippen LogP contribution in [-0.4, -0.2) is 29.7 Å². The first-order valence-corrected chi connectivity index (χ1v) is 7.84. The minimum Gasteiger partial charge on any atom is -0.304 e. The maximum Gasteiger partial charge on any atom is 0.353 e. The fourth-order valence-electron chi connectivity index (χ4n) is 1.82. The minimum absolute atomic E-state index is 0.303. The van der Waals surface area contributed by atoms with E-state index in [0.717, 1.165) is 32.1 Å². The number of rotatable bonds is 5. The molecular formula is C11H12O4SSi. The zero-order valence-electron chi connectivity index (χ0n) is 9.77. The second-order valence-corrected chi connectivity index (χ2v) is 8.74. The summed E-state index contributed by atoms with van der Waals surface area (Å²) >= 11 is 1.14. The molecule has 1 heterocycles. The van der Waals surface area contributed by atoms with Gasteiger partial charge in [-0.15, -0.1) is 11.3 Å². The van der Waals surface area contributed by atoms with Crippen LogP contribution in [0.5, 0.6) is 0 Å². The summed E-state index contributed by atoms with van der Waals surface area (Å²) in [4.78, 5) is 47.6. The second kappa shape index (κ2) is 4.85. The lowest BCUT2D eigenvalue weighted by Gasteiger charge is -2.19. The van der Waals surface area contributed by atoms with Gasteiger partial charge >= 0.3 is 8.07 Å². The van der Waals surface area contributed by atoms with Gasteiger partial charge in [-0.2, -0.15) is 0 Å². The summed E-state index contributed by atoms with van der Waals surface area (Å²) in [5, 5.41) is -0.671. The van der Waals surface area contributed by atoms with Crippen LogP contribution in [0.25, 0.3) is 0 Å². The van der Waals surface area contributed by atoms with Crippen molar-refractivity contribution in [2.45, 2.75) is 20.8 Å². The lowest BCUT2D eigenvalue weighted by Crippen LogP contribution is -2.63. The highest BCUT2D eigenvalue weighted by atomic mass is 32.1. The van der Waals surface area contributed by atoms with Gasteiger partial charge in [0.05, 0.1) is 4.88 Å². The van der Waals surface area contributed by atoms with Crippen molar-refractivity contribution in [1.82, 2.24) is 0 Å². The van der Waals surface area contributed by atoms with Crippen LogP contribution in [0.2, 0.25) is 0 Å². The lowest BCUT2D eigenvalue weighted by molar-refractivity contribution is -0.117. The highest BCUT2D eigenvalue weighted by Gasteiger charge is 2.57. The molecule has 0 aromatic carbocycles. The molecule has 4 nitrogen and oxygen atoms in total. The summed E-state index contributed by atoms with van der Waals surface area (Å²) < 4.78 is 0. The molecule has 1 aromatic heterocycles. The molecule has 0 bridgehead atoms. The van der Waals surface area contributed by atoms with E-state index in [1.165, 1.54) is 6.07 Å². The van der Waals surface area contributed by atoms with Gasteiger partial charge in [-0.1, -0.05) is 6.07 Å². The second-order valence-electron chi connectivity index (χ2n) is 3.72. The average Bonchev–Trinajstić information content (AvgIpc) is 2.68. The van der Waals surface area contributed by atoms with Gasteiger partial charge in [0.15, 0.2) is 5.41 Å². The van der Waals surface area contributed by atoms with E-state index in [0.29, 0.717) is 4.88 Å². The molecule has 0 aliphatic carbocycles. The van der Waals surface area contributed by atoms with Gasteiger partial charge in [0.25, 0.3) is 0 Å². The molecule has 0 aliphatic heterocycles. The van der Waals surface area contributed by atoms with Crippen LogP contribution in [0, 0.1) is 0 Å². The topological polar surface area (TPSA) is 68.3 Å². The van der Waals surface area contributed by atoms with E-state index < -0.39 is 29.7 Å². The molecule has 0 N–H and O–H groups in total. The van der Waals surface area contributed by atoms with Crippen LogP contribution in [0.15, 0.2) is 17.5 Å². The SMILES string of the molecule is CC(=O)[Si](C(C)=O)(C(C)=O)C(=O)c1cccs1. The van der Waals surface area contributed by atoms with Crippen LogP contribution in [-0.2, 0) is 14.4 Å². The largest absolute Gasteiger partial charge is 0.353 e. The average molecular weight is 268 g/mol. The third kappa shape index (κ3) is 2.05. The zero-order chi connectivity index (χ0) is 13.2. The molecule has 0 fully saturated rings. The Bertz CT molecular complexity index is 454. The molecule has 90 valence electrons. The van der Waals surface area contributed by atoms with Gasteiger partial charge in [-0.05, 0) is 32.2 Å². The summed E-state index contributed by atoms with van der Waals surface area (Å²) in [5.74, 6) is 0. The van der Waals surface area contributed by atoms with Crippen LogP contribution < -0.4 is 0 Å². The highest BCUT2D eigenvalue weighted by molar-refractivity contribution is 7.55. The fourth-order valence-corrected chi connectivity index (χ4v) is 5.92. The van der Waals surface area contributed by atoms with Gasteiger partial charge in [0.2, 0.25) is 0 Å². The van der Waals surface area contributed by atoms with E-state index in [2.05, 4.69) is 0 Å². The van der Waals surface area contributed by atoms with Crippen molar-refractivity contribution in [1.29, 1.82) is 0 Å². The summed E-state index contributed by atoms with van der Waals surface area (Å²) in [6.07, 6.45) is 0. The van der Waals surface area contributed by atoms with E-state index in [1.54, 1.807) is 11.4 Å². The Kier molecular flexibility index (Phi) is 3.89. The summed E-state index contributed by atoms with van der Waals surface area (Å²) in [7, 11) is -3.88. The van der Waals surface area contributed by atoms with Crippen molar-refractivity contribution in [2.75, 3.05) is 0 Å². The molecule has 1 aromatic rings. The highest BCUT2D eigenvalue weighted by Crippen LogP contribution is 2.19. The Hall–Kier alpha value is -1.40. The van der Waals surface area contributed by atoms with E-state index in [4.69, 9.17) is 0 Å². The van der Waals surface area contributed by atoms with E-state index in [1.807, 2.05) is 0 Å². The van der Waals surface area contributed by atoms with Crippen molar-refractivity contribution in [2.24, 2.45) is 0 Å². The summed E-state index contributed by atoms with van der Waals surface area (Å²) in [6, 6.07) is 3.18. The fraction of sp³-hybridized carbons (Fsp3) is 0.273. The predicted octanol–water partition coefficient (Wildman–Crippen LogP) is 1.30. The smallest absolute Gasteiger partial charge is 0.304 e. The van der Waals surface area contributed by atoms with Crippen molar-refractivity contribution < 1.29 is 19.2 Å². The van der Waals surface area contributed by atoms with Gasteiger partial charge in [-0.3, -0.25) is 4.79 Å². The van der Waals surface area contributed by atoms with Crippen LogP contribution in [0.3, 0.4) is 0 Å². The van der Waals surface area contributed by atoms with Gasteiger partial charge in [-0.25, -0.2) is 0 Å². The Morgan fingerprint density at radius 2 is 1.47 bits per heavy atom. The first-order valence-electron chi connectivity index (χ1n) is 4.96. The van der Waals surface area contributed by atoms with Gasteiger partial charge in [0, 0.05) is 0 Å². The van der Waals surface area contributed by atoms with Crippen molar-refractivity contribution in [3.63, 3.8) is 0 Å². The molecule has 0 aliphatic rings. The maximum atomic E-state index is 12.3. The molecule has 17 heavy (non-hydrogen) atoms. The molecule has 0 spiro atoms. The van der Waals surface area contributed by atoms with Gasteiger partial charge in [0.1, 0.15) is 16.2 Å². The van der Waals surface area contributed by atoms with Crippen molar-refractivity contribution in [3.05, 3.63) is 22.4 Å². The molecule has 0 unspecified atom stereocenters. The Morgan fingerprint density at radius 1 is 1.00 bits per heavy atom. The number of carbonyl (C=O) groups is 4. The number of carbonyl (C=O) groups excluding carboxylic acids is 4. The maximum absolute atomic E-state index is 12.3. The van der Waals surface area contributed by atoms with Crippen LogP contribution >= 0.6 is 11.3 Å². The van der Waals surface area contributed by atoms with Crippen molar-refractivity contribution >= 4 is 41.0 Å².